The van der Waals surface area contributed by atoms with Gasteiger partial charge in [-0.15, -0.1) is 0 Å². The van der Waals surface area contributed by atoms with Gasteiger partial charge in [0.05, 0.1) is 17.4 Å². The van der Waals surface area contributed by atoms with Crippen LogP contribution in [0.5, 0.6) is 0 Å². The highest BCUT2D eigenvalue weighted by atomic mass is 35.5. The van der Waals surface area contributed by atoms with Crippen LogP contribution in [0.2, 0.25) is 5.02 Å². The highest BCUT2D eigenvalue weighted by Gasteiger charge is 2.29. The Kier molecular flexibility index (Phi) is 6.55. The van der Waals surface area contributed by atoms with E-state index in [1.165, 1.54) is 12.1 Å². The summed E-state index contributed by atoms with van der Waals surface area (Å²) in [5.41, 5.74) is 5.47. The third-order valence-corrected chi connectivity index (χ3v) is 6.24. The maximum atomic E-state index is 13.6. The predicted octanol–water partition coefficient (Wildman–Crippen LogP) is 7.73. The van der Waals surface area contributed by atoms with Crippen LogP contribution in [-0.2, 0) is 0 Å². The number of hydrogen-bond donors (Lipinski definition) is 0. The summed E-state index contributed by atoms with van der Waals surface area (Å²) in [5.74, 6) is -0.342. The fourth-order valence-electron chi connectivity index (χ4n) is 4.12. The molecule has 0 aliphatic carbocycles. The van der Waals surface area contributed by atoms with Gasteiger partial charge in [-0.3, -0.25) is 9.80 Å². The number of benzene rings is 4. The smallest absolute Gasteiger partial charge is 0.185 e. The second-order valence-electron chi connectivity index (χ2n) is 8.32. The van der Waals surface area contributed by atoms with E-state index in [1.54, 1.807) is 36.4 Å². The summed E-state index contributed by atoms with van der Waals surface area (Å²) >= 11 is 5.90. The lowest BCUT2D eigenvalue weighted by molar-refractivity contribution is 0.104. The first-order valence-corrected chi connectivity index (χ1v) is 11.7. The number of ketones is 1. The van der Waals surface area contributed by atoms with E-state index in [9.17, 15) is 9.18 Å². The van der Waals surface area contributed by atoms with Crippen molar-refractivity contribution in [3.63, 3.8) is 0 Å². The number of nitrogens with zero attached hydrogens (tertiary/aromatic N) is 2. The van der Waals surface area contributed by atoms with Crippen LogP contribution in [0.15, 0.2) is 114 Å². The molecule has 4 aromatic rings. The summed E-state index contributed by atoms with van der Waals surface area (Å²) in [5, 5.41) is 7.52. The summed E-state index contributed by atoms with van der Waals surface area (Å²) in [6.07, 6.45) is 4.06. The molecule has 172 valence electrons. The van der Waals surface area contributed by atoms with Crippen LogP contribution < -0.4 is 5.01 Å². The van der Waals surface area contributed by atoms with Crippen LogP contribution in [0.1, 0.15) is 39.5 Å². The quantitative estimate of drug-likeness (QED) is 0.209. The highest BCUT2D eigenvalue weighted by Crippen LogP contribution is 2.36. The van der Waals surface area contributed by atoms with Crippen LogP contribution in [0.3, 0.4) is 0 Å². The summed E-state index contributed by atoms with van der Waals surface area (Å²) < 4.78 is 13.6. The van der Waals surface area contributed by atoms with Crippen molar-refractivity contribution in [2.45, 2.75) is 12.5 Å². The van der Waals surface area contributed by atoms with Gasteiger partial charge in [-0.25, -0.2) is 4.39 Å². The van der Waals surface area contributed by atoms with Crippen molar-refractivity contribution in [2.24, 2.45) is 5.10 Å². The first-order chi connectivity index (χ1) is 17.1. The number of rotatable bonds is 6. The molecule has 0 amide bonds. The second-order valence-corrected chi connectivity index (χ2v) is 8.76. The molecule has 3 nitrogen and oxygen atoms in total. The molecular weight excluding hydrogens is 459 g/mol. The molecule has 0 N–H and O–H groups in total. The molecule has 35 heavy (non-hydrogen) atoms. The lowest BCUT2D eigenvalue weighted by Crippen LogP contribution is -2.18. The number of hydrogen-bond acceptors (Lipinski definition) is 3. The van der Waals surface area contributed by atoms with E-state index in [0.717, 1.165) is 28.1 Å². The molecule has 4 aromatic carbocycles. The van der Waals surface area contributed by atoms with Crippen LogP contribution in [0, 0.1) is 5.82 Å². The number of anilines is 1. The van der Waals surface area contributed by atoms with E-state index in [-0.39, 0.29) is 17.6 Å². The molecule has 1 heterocycles. The average Bonchev–Trinajstić information content (AvgIpc) is 3.34. The fraction of sp³-hybridized carbons (Fsp3) is 0.0667. The predicted molar refractivity (Wildman–Crippen MR) is 140 cm³/mol. The van der Waals surface area contributed by atoms with E-state index in [4.69, 9.17) is 16.7 Å². The Morgan fingerprint density at radius 2 is 1.57 bits per heavy atom. The van der Waals surface area contributed by atoms with Crippen molar-refractivity contribution < 1.29 is 9.18 Å². The molecule has 0 fully saturated rings. The molecule has 0 saturated carbocycles. The standard InChI is InChI=1S/C30H22ClFN2O/c31-25-13-9-24(10-14-25)30(35)19-8-21-6-17-27(18-7-21)34-29(23-11-15-26(32)16-12-23)20-28(33-34)22-4-2-1-3-5-22/h1-19,29H,20H2/b19-8+/t29-/m1/s1. The average molecular weight is 481 g/mol. The number of halogens is 2. The zero-order valence-electron chi connectivity index (χ0n) is 18.8. The minimum atomic E-state index is -0.258. The van der Waals surface area contributed by atoms with Gasteiger partial charge >= 0.3 is 0 Å². The Hall–Kier alpha value is -4.02. The van der Waals surface area contributed by atoms with Gasteiger partial charge in [0.25, 0.3) is 0 Å². The summed E-state index contributed by atoms with van der Waals surface area (Å²) in [6.45, 7) is 0. The number of carbonyl (C=O) groups is 1. The maximum Gasteiger partial charge on any atom is 0.185 e. The molecule has 5 heteroatoms. The first kappa shape index (κ1) is 22.8. The lowest BCUT2D eigenvalue weighted by atomic mass is 9.98. The van der Waals surface area contributed by atoms with E-state index in [1.807, 2.05) is 59.6 Å². The Balaban J connectivity index is 1.39. The molecule has 0 bridgehead atoms. The van der Waals surface area contributed by atoms with Gasteiger partial charge in [0.1, 0.15) is 5.82 Å². The van der Waals surface area contributed by atoms with Crippen molar-refractivity contribution in [3.05, 3.63) is 142 Å². The summed E-state index contributed by atoms with van der Waals surface area (Å²) in [4.78, 5) is 12.4. The highest BCUT2D eigenvalue weighted by molar-refractivity contribution is 6.30. The SMILES string of the molecule is O=C(/C=C/c1ccc(N2N=C(c3ccccc3)C[C@@H]2c2ccc(F)cc2)cc1)c1ccc(Cl)cc1. The second kappa shape index (κ2) is 10.1. The largest absolute Gasteiger partial charge is 0.289 e. The Bertz CT molecular complexity index is 1380. The maximum absolute atomic E-state index is 13.6. The fourth-order valence-corrected chi connectivity index (χ4v) is 4.24. The molecule has 0 aromatic heterocycles. The van der Waals surface area contributed by atoms with Crippen molar-refractivity contribution >= 4 is 34.9 Å². The number of allylic oxidation sites excluding steroid dienone is 1. The van der Waals surface area contributed by atoms with Crippen LogP contribution >= 0.6 is 11.6 Å². The van der Waals surface area contributed by atoms with Crippen LogP contribution in [0.25, 0.3) is 6.08 Å². The van der Waals surface area contributed by atoms with Crippen molar-refractivity contribution in [3.8, 4) is 0 Å². The zero-order chi connectivity index (χ0) is 24.2. The molecule has 1 atom stereocenters. The molecule has 0 spiro atoms. The molecule has 5 rings (SSSR count). The Labute approximate surface area is 208 Å². The zero-order valence-corrected chi connectivity index (χ0v) is 19.6. The monoisotopic (exact) mass is 480 g/mol. The van der Waals surface area contributed by atoms with E-state index < -0.39 is 0 Å². The van der Waals surface area contributed by atoms with Gasteiger partial charge in [-0.2, -0.15) is 5.10 Å². The topological polar surface area (TPSA) is 32.7 Å². The third-order valence-electron chi connectivity index (χ3n) is 5.99. The number of carbonyl (C=O) groups excluding carboxylic acids is 1. The summed E-state index contributed by atoms with van der Waals surface area (Å²) in [7, 11) is 0. The molecular formula is C30H22ClFN2O. The van der Waals surface area contributed by atoms with E-state index in [2.05, 4.69) is 12.1 Å². The molecule has 0 radical (unpaired) electrons. The minimum Gasteiger partial charge on any atom is -0.289 e. The molecule has 1 aliphatic rings. The van der Waals surface area contributed by atoms with Crippen LogP contribution in [-0.4, -0.2) is 11.5 Å². The molecule has 0 saturated heterocycles. The van der Waals surface area contributed by atoms with E-state index in [0.29, 0.717) is 17.0 Å². The van der Waals surface area contributed by atoms with Gasteiger partial charge in [-0.05, 0) is 71.3 Å². The number of hydrazone groups is 1. The Morgan fingerprint density at radius 3 is 2.26 bits per heavy atom. The van der Waals surface area contributed by atoms with Gasteiger partial charge < -0.3 is 0 Å². The Morgan fingerprint density at radius 1 is 0.886 bits per heavy atom. The minimum absolute atomic E-state index is 0.0429. The van der Waals surface area contributed by atoms with Crippen LogP contribution in [0.4, 0.5) is 10.1 Å². The van der Waals surface area contributed by atoms with Crippen molar-refractivity contribution in [2.75, 3.05) is 5.01 Å². The van der Waals surface area contributed by atoms with Gasteiger partial charge in [-0.1, -0.05) is 72.3 Å². The lowest BCUT2D eigenvalue weighted by Gasteiger charge is -2.24. The third kappa shape index (κ3) is 5.23. The van der Waals surface area contributed by atoms with Gasteiger partial charge in [0, 0.05) is 17.0 Å². The summed E-state index contributed by atoms with van der Waals surface area (Å²) in [6, 6.07) is 31.4. The van der Waals surface area contributed by atoms with Gasteiger partial charge in [0.2, 0.25) is 0 Å². The van der Waals surface area contributed by atoms with E-state index >= 15 is 0 Å². The normalized spacial score (nSPS) is 15.4. The first-order valence-electron chi connectivity index (χ1n) is 11.3. The van der Waals surface area contributed by atoms with Crippen molar-refractivity contribution in [1.29, 1.82) is 0 Å². The van der Waals surface area contributed by atoms with Crippen molar-refractivity contribution in [1.82, 2.24) is 0 Å². The molecule has 1 aliphatic heterocycles. The molecule has 0 unspecified atom stereocenters. The van der Waals surface area contributed by atoms with Gasteiger partial charge in [0.15, 0.2) is 5.78 Å².